The van der Waals surface area contributed by atoms with E-state index in [-0.39, 0.29) is 52.2 Å². The molecule has 2 saturated carbocycles. The first-order chi connectivity index (χ1) is 19.0. The molecule has 0 saturated heterocycles. The van der Waals surface area contributed by atoms with Gasteiger partial charge in [-0.05, 0) is 38.0 Å². The van der Waals surface area contributed by atoms with Gasteiger partial charge in [0.05, 0.1) is 17.5 Å². The molecule has 7 rings (SSSR count). The molecule has 40 heavy (non-hydrogen) atoms. The van der Waals surface area contributed by atoms with Gasteiger partial charge in [-0.25, -0.2) is 24.5 Å². The number of hydrogen-bond acceptors (Lipinski definition) is 10. The maximum atomic E-state index is 13.6. The van der Waals surface area contributed by atoms with Crippen LogP contribution in [0.25, 0.3) is 17.2 Å². The van der Waals surface area contributed by atoms with Crippen molar-refractivity contribution in [3.05, 3.63) is 35.6 Å². The molecule has 208 valence electrons. The Labute approximate surface area is 220 Å². The molecule has 12 nitrogen and oxygen atoms in total. The van der Waals surface area contributed by atoms with E-state index in [1.54, 1.807) is 0 Å². The van der Waals surface area contributed by atoms with Gasteiger partial charge in [-0.2, -0.15) is 27.1 Å². The van der Waals surface area contributed by atoms with Crippen LogP contribution < -0.4 is 11.1 Å². The topological polar surface area (TPSA) is 163 Å². The zero-order valence-corrected chi connectivity index (χ0v) is 20.4. The molecule has 0 aromatic carbocycles. The molecule has 4 aromatic rings. The summed E-state index contributed by atoms with van der Waals surface area (Å²) in [5.41, 5.74) is 5.14. The minimum Gasteiger partial charge on any atom is -0.423 e. The number of alkyl halides is 5. The van der Waals surface area contributed by atoms with Crippen LogP contribution in [-0.4, -0.2) is 57.8 Å². The van der Waals surface area contributed by atoms with E-state index in [0.717, 1.165) is 19.2 Å². The Morgan fingerprint density at radius 2 is 1.88 bits per heavy atom. The molecule has 1 unspecified atom stereocenters. The predicted octanol–water partition coefficient (Wildman–Crippen LogP) is 3.20. The van der Waals surface area contributed by atoms with Crippen LogP contribution in [0.2, 0.25) is 0 Å². The number of nitrogen functional groups attached to an aromatic ring is 1. The molecule has 0 radical (unpaired) electrons. The third-order valence-electron chi connectivity index (χ3n) is 7.47. The van der Waals surface area contributed by atoms with Crippen molar-refractivity contribution in [2.24, 2.45) is 5.92 Å². The van der Waals surface area contributed by atoms with Crippen molar-refractivity contribution in [3.63, 3.8) is 0 Å². The van der Waals surface area contributed by atoms with Crippen molar-refractivity contribution in [1.29, 1.82) is 0 Å². The third kappa shape index (κ3) is 3.62. The van der Waals surface area contributed by atoms with Crippen molar-refractivity contribution in [1.82, 2.24) is 39.7 Å². The predicted molar refractivity (Wildman–Crippen MR) is 124 cm³/mol. The molecule has 3 N–H and O–H groups in total. The van der Waals surface area contributed by atoms with E-state index in [9.17, 15) is 26.7 Å². The van der Waals surface area contributed by atoms with Crippen molar-refractivity contribution in [3.8, 4) is 11.5 Å². The number of nitrogens with two attached hydrogens (primary N) is 1. The standard InChI is InChI=1S/C23H19F5N10O2/c24-21(25,23(26,27)28)6-5-11-17-30-8-31-38(17)7-12(32-11)15-33-14(29)13-16(34-15)35-19(39)22(13,10-3-4-10)20-37-36-18(40-20)9-1-2-9/h7-10H,1-6H2,(H3,29,33,34,35,39). The van der Waals surface area contributed by atoms with E-state index in [1.165, 1.54) is 10.7 Å². The zero-order chi connectivity index (χ0) is 28.0. The van der Waals surface area contributed by atoms with E-state index in [2.05, 4.69) is 40.5 Å². The van der Waals surface area contributed by atoms with Crippen molar-refractivity contribution < 1.29 is 31.2 Å². The Kier molecular flexibility index (Phi) is 5.01. The highest BCUT2D eigenvalue weighted by Gasteiger charge is 2.63. The maximum absolute atomic E-state index is 13.6. The van der Waals surface area contributed by atoms with Gasteiger partial charge >= 0.3 is 12.1 Å². The van der Waals surface area contributed by atoms with E-state index in [4.69, 9.17) is 10.2 Å². The van der Waals surface area contributed by atoms with Gasteiger partial charge < -0.3 is 15.5 Å². The molecular formula is C23H19F5N10O2. The third-order valence-corrected chi connectivity index (χ3v) is 7.47. The summed E-state index contributed by atoms with van der Waals surface area (Å²) in [6.07, 6.45) is -2.30. The summed E-state index contributed by atoms with van der Waals surface area (Å²) in [4.78, 5) is 30.4. The van der Waals surface area contributed by atoms with Crippen LogP contribution in [0.1, 0.15) is 61.1 Å². The number of nitrogens with zero attached hydrogens (tertiary/aromatic N) is 8. The number of aromatic nitrogens is 8. The van der Waals surface area contributed by atoms with E-state index < -0.39 is 36.3 Å². The van der Waals surface area contributed by atoms with Crippen LogP contribution in [0.5, 0.6) is 0 Å². The summed E-state index contributed by atoms with van der Waals surface area (Å²) < 4.78 is 72.6. The summed E-state index contributed by atoms with van der Waals surface area (Å²) >= 11 is 0. The van der Waals surface area contributed by atoms with E-state index >= 15 is 0 Å². The molecule has 2 fully saturated rings. The van der Waals surface area contributed by atoms with Gasteiger partial charge in [0.15, 0.2) is 16.9 Å². The Morgan fingerprint density at radius 3 is 2.58 bits per heavy atom. The highest BCUT2D eigenvalue weighted by Crippen LogP contribution is 2.57. The molecule has 0 bridgehead atoms. The summed E-state index contributed by atoms with van der Waals surface area (Å²) in [6, 6.07) is 0. The second-order valence-corrected chi connectivity index (χ2v) is 10.2. The number of nitrogens with one attached hydrogen (secondary N) is 1. The summed E-state index contributed by atoms with van der Waals surface area (Å²) in [6.45, 7) is 0. The zero-order valence-electron chi connectivity index (χ0n) is 20.4. The molecular weight excluding hydrogens is 543 g/mol. The largest absolute Gasteiger partial charge is 0.453 e. The smallest absolute Gasteiger partial charge is 0.423 e. The number of rotatable bonds is 7. The lowest BCUT2D eigenvalue weighted by Gasteiger charge is -2.23. The average Bonchev–Trinajstić information content (AvgIpc) is 3.79. The van der Waals surface area contributed by atoms with E-state index in [0.29, 0.717) is 24.3 Å². The summed E-state index contributed by atoms with van der Waals surface area (Å²) in [7, 11) is 0. The van der Waals surface area contributed by atoms with Gasteiger partial charge in [0.25, 0.3) is 0 Å². The van der Waals surface area contributed by atoms with Crippen LogP contribution >= 0.6 is 0 Å². The fourth-order valence-electron chi connectivity index (χ4n) is 5.15. The normalized spacial score (nSPS) is 21.2. The van der Waals surface area contributed by atoms with Crippen LogP contribution in [0.4, 0.5) is 33.6 Å². The second kappa shape index (κ2) is 8.11. The van der Waals surface area contributed by atoms with Crippen LogP contribution in [-0.2, 0) is 16.6 Å². The molecule has 0 spiro atoms. The van der Waals surface area contributed by atoms with Crippen molar-refractivity contribution in [2.45, 2.75) is 62.0 Å². The first kappa shape index (κ1) is 24.7. The number of fused-ring (bicyclic) bond motifs is 2. The molecule has 5 heterocycles. The van der Waals surface area contributed by atoms with Crippen LogP contribution in [0.15, 0.2) is 16.9 Å². The summed E-state index contributed by atoms with van der Waals surface area (Å²) in [5, 5.41) is 15.0. The molecule has 1 amide bonds. The SMILES string of the molecule is Nc1nc(-c2cn3ncnc3c(CCC(F)(F)C(F)(F)F)n2)nc2c1C(c1nnc(C3CC3)o1)(C1CC1)C(=O)N2. The summed E-state index contributed by atoms with van der Waals surface area (Å²) in [5.74, 6) is -4.87. The molecule has 2 aliphatic carbocycles. The van der Waals surface area contributed by atoms with Gasteiger partial charge in [0.2, 0.25) is 17.7 Å². The lowest BCUT2D eigenvalue weighted by Crippen LogP contribution is -2.39. The van der Waals surface area contributed by atoms with Crippen molar-refractivity contribution in [2.75, 3.05) is 11.1 Å². The number of carbonyl (C=O) groups excluding carboxylic acids is 1. The molecule has 4 aromatic heterocycles. The monoisotopic (exact) mass is 562 g/mol. The highest BCUT2D eigenvalue weighted by molar-refractivity contribution is 6.09. The molecule has 17 heteroatoms. The highest BCUT2D eigenvalue weighted by atomic mass is 19.4. The quantitative estimate of drug-likeness (QED) is 0.320. The fourth-order valence-corrected chi connectivity index (χ4v) is 5.15. The average molecular weight is 562 g/mol. The maximum Gasteiger partial charge on any atom is 0.453 e. The number of hydrogen-bond donors (Lipinski definition) is 2. The number of anilines is 2. The first-order valence-electron chi connectivity index (χ1n) is 12.5. The fraction of sp³-hybridized carbons (Fsp3) is 0.478. The van der Waals surface area contributed by atoms with E-state index in [1.807, 2.05) is 0 Å². The van der Waals surface area contributed by atoms with Crippen LogP contribution in [0.3, 0.4) is 0 Å². The number of carbonyl (C=O) groups is 1. The lowest BCUT2D eigenvalue weighted by atomic mass is 9.77. The van der Waals surface area contributed by atoms with Gasteiger partial charge in [0.1, 0.15) is 23.7 Å². The minimum atomic E-state index is -5.71. The number of amides is 1. The Bertz CT molecular complexity index is 1680. The Hall–Kier alpha value is -4.31. The van der Waals surface area contributed by atoms with Gasteiger partial charge in [0, 0.05) is 12.3 Å². The molecule has 3 aliphatic rings. The Balaban J connectivity index is 1.30. The first-order valence-corrected chi connectivity index (χ1v) is 12.5. The van der Waals surface area contributed by atoms with Gasteiger partial charge in [-0.3, -0.25) is 4.79 Å². The molecule has 1 atom stereocenters. The Morgan fingerprint density at radius 1 is 1.10 bits per heavy atom. The molecule has 1 aliphatic heterocycles. The van der Waals surface area contributed by atoms with Gasteiger partial charge in [-0.1, -0.05) is 0 Å². The number of halogens is 5. The lowest BCUT2D eigenvalue weighted by molar-refractivity contribution is -0.284. The van der Waals surface area contributed by atoms with Gasteiger partial charge in [-0.15, -0.1) is 10.2 Å². The second-order valence-electron chi connectivity index (χ2n) is 10.2. The van der Waals surface area contributed by atoms with Crippen molar-refractivity contribution >= 4 is 23.2 Å². The minimum absolute atomic E-state index is 0.000213. The number of aryl methyl sites for hydroxylation is 1. The van der Waals surface area contributed by atoms with Crippen LogP contribution in [0, 0.1) is 5.92 Å².